The predicted molar refractivity (Wildman–Crippen MR) is 70.3 cm³/mol. The fourth-order valence-electron chi connectivity index (χ4n) is 2.04. The van der Waals surface area contributed by atoms with E-state index in [1.54, 1.807) is 0 Å². The molecule has 0 spiro atoms. The molecule has 7 heteroatoms. The zero-order chi connectivity index (χ0) is 13.1. The summed E-state index contributed by atoms with van der Waals surface area (Å²) in [5.41, 5.74) is 0. The highest BCUT2D eigenvalue weighted by Gasteiger charge is 2.26. The Hall–Kier alpha value is -1.14. The summed E-state index contributed by atoms with van der Waals surface area (Å²) in [5, 5.41) is 13.3. The van der Waals surface area contributed by atoms with Crippen LogP contribution in [0.3, 0.4) is 0 Å². The van der Waals surface area contributed by atoms with Gasteiger partial charge in [0.15, 0.2) is 0 Å². The number of thiophene rings is 1. The molecule has 5 nitrogen and oxygen atoms in total. The fourth-order valence-corrected chi connectivity index (χ4v) is 3.10. The van der Waals surface area contributed by atoms with E-state index in [0.717, 1.165) is 37.0 Å². The Bertz CT molecular complexity index is 463. The molecule has 1 aromatic heterocycles. The van der Waals surface area contributed by atoms with Crippen LogP contribution in [0.2, 0.25) is 0 Å². The van der Waals surface area contributed by atoms with Crippen molar-refractivity contribution in [2.75, 3.05) is 0 Å². The quantitative estimate of drug-likeness (QED) is 0.528. The smallest absolute Gasteiger partial charge is 0.324 e. The fraction of sp³-hybridized carbons (Fsp3) is 0.545. The maximum absolute atomic E-state index is 11.9. The van der Waals surface area contributed by atoms with Crippen LogP contribution in [-0.4, -0.2) is 22.2 Å². The minimum Gasteiger partial charge on any atom is -0.347 e. The van der Waals surface area contributed by atoms with Crippen molar-refractivity contribution in [3.63, 3.8) is 0 Å². The number of nitrogens with zero attached hydrogens (tertiary/aromatic N) is 1. The van der Waals surface area contributed by atoms with Crippen molar-refractivity contribution < 1.29 is 9.72 Å². The van der Waals surface area contributed by atoms with Gasteiger partial charge in [0.1, 0.15) is 0 Å². The molecule has 0 radical (unpaired) electrons. The SMILES string of the molecule is O=C(NC1CCCCC1Cl)c1ccc([N+](=O)[O-])s1. The van der Waals surface area contributed by atoms with Crippen LogP contribution in [0.4, 0.5) is 5.00 Å². The van der Waals surface area contributed by atoms with E-state index in [1.807, 2.05) is 0 Å². The van der Waals surface area contributed by atoms with E-state index in [-0.39, 0.29) is 22.3 Å². The molecular formula is C11H13ClN2O3S. The summed E-state index contributed by atoms with van der Waals surface area (Å²) < 4.78 is 0. The molecule has 1 aromatic rings. The minimum absolute atomic E-state index is 0.0220. The first kappa shape index (κ1) is 13.3. The summed E-state index contributed by atoms with van der Waals surface area (Å²) in [5.74, 6) is -0.273. The number of nitro groups is 1. The molecular weight excluding hydrogens is 276 g/mol. The largest absolute Gasteiger partial charge is 0.347 e. The van der Waals surface area contributed by atoms with Crippen molar-refractivity contribution >= 4 is 33.8 Å². The van der Waals surface area contributed by atoms with Gasteiger partial charge in [-0.05, 0) is 18.9 Å². The van der Waals surface area contributed by atoms with E-state index in [0.29, 0.717) is 4.88 Å². The van der Waals surface area contributed by atoms with Crippen molar-refractivity contribution in [1.29, 1.82) is 0 Å². The molecule has 1 heterocycles. The van der Waals surface area contributed by atoms with Gasteiger partial charge in [-0.25, -0.2) is 0 Å². The van der Waals surface area contributed by atoms with Crippen molar-refractivity contribution in [1.82, 2.24) is 5.32 Å². The number of alkyl halides is 1. The monoisotopic (exact) mass is 288 g/mol. The van der Waals surface area contributed by atoms with E-state index in [9.17, 15) is 14.9 Å². The Balaban J connectivity index is 2.00. The zero-order valence-corrected chi connectivity index (χ0v) is 11.2. The van der Waals surface area contributed by atoms with Crippen LogP contribution in [0, 0.1) is 10.1 Å². The molecule has 2 atom stereocenters. The summed E-state index contributed by atoms with van der Waals surface area (Å²) in [4.78, 5) is 22.3. The number of carbonyl (C=O) groups excluding carboxylic acids is 1. The number of rotatable bonds is 3. The molecule has 18 heavy (non-hydrogen) atoms. The molecule has 1 aliphatic carbocycles. The molecule has 1 saturated carbocycles. The Kier molecular flexibility index (Phi) is 4.19. The van der Waals surface area contributed by atoms with Gasteiger partial charge in [-0.1, -0.05) is 24.2 Å². The third-order valence-corrected chi connectivity index (χ3v) is 4.55. The number of hydrogen-bond donors (Lipinski definition) is 1. The second-order valence-corrected chi connectivity index (χ2v) is 5.90. The van der Waals surface area contributed by atoms with E-state index >= 15 is 0 Å². The normalized spacial score (nSPS) is 23.6. The molecule has 1 aliphatic rings. The number of hydrogen-bond acceptors (Lipinski definition) is 4. The number of nitrogens with one attached hydrogen (secondary N) is 1. The standard InChI is InChI=1S/C11H13ClN2O3S/c12-7-3-1-2-4-8(7)13-11(15)9-5-6-10(18-9)14(16)17/h5-8H,1-4H2,(H,13,15). The summed E-state index contributed by atoms with van der Waals surface area (Å²) in [6.07, 6.45) is 3.91. The second kappa shape index (κ2) is 5.67. The first-order valence-electron chi connectivity index (χ1n) is 5.77. The lowest BCUT2D eigenvalue weighted by Crippen LogP contribution is -2.42. The lowest BCUT2D eigenvalue weighted by Gasteiger charge is -2.27. The highest BCUT2D eigenvalue weighted by molar-refractivity contribution is 7.17. The molecule has 2 unspecified atom stereocenters. The average molecular weight is 289 g/mol. The van der Waals surface area contributed by atoms with Gasteiger partial charge in [-0.2, -0.15) is 0 Å². The number of carbonyl (C=O) groups is 1. The molecule has 2 rings (SSSR count). The van der Waals surface area contributed by atoms with Crippen LogP contribution in [0.5, 0.6) is 0 Å². The van der Waals surface area contributed by atoms with Gasteiger partial charge in [0, 0.05) is 12.1 Å². The first-order valence-corrected chi connectivity index (χ1v) is 7.02. The Labute approximate surface area is 113 Å². The van der Waals surface area contributed by atoms with E-state index < -0.39 is 4.92 Å². The zero-order valence-electron chi connectivity index (χ0n) is 9.60. The maximum Gasteiger partial charge on any atom is 0.324 e. The second-order valence-electron chi connectivity index (χ2n) is 4.28. The van der Waals surface area contributed by atoms with Crippen LogP contribution in [0.15, 0.2) is 12.1 Å². The molecule has 1 fully saturated rings. The molecule has 1 N–H and O–H groups in total. The Morgan fingerprint density at radius 3 is 2.78 bits per heavy atom. The molecule has 0 aliphatic heterocycles. The first-order chi connectivity index (χ1) is 8.58. The van der Waals surface area contributed by atoms with Crippen molar-refractivity contribution in [2.24, 2.45) is 0 Å². The van der Waals surface area contributed by atoms with E-state index in [2.05, 4.69) is 5.32 Å². The summed E-state index contributed by atoms with van der Waals surface area (Å²) in [6.45, 7) is 0. The van der Waals surface area contributed by atoms with Crippen molar-refractivity contribution in [3.05, 3.63) is 27.1 Å². The topological polar surface area (TPSA) is 72.2 Å². The minimum atomic E-state index is -0.494. The van der Waals surface area contributed by atoms with Gasteiger partial charge < -0.3 is 5.32 Å². The van der Waals surface area contributed by atoms with Crippen molar-refractivity contribution in [2.45, 2.75) is 37.1 Å². The van der Waals surface area contributed by atoms with Gasteiger partial charge >= 0.3 is 5.00 Å². The lowest BCUT2D eigenvalue weighted by molar-refractivity contribution is -0.380. The van der Waals surface area contributed by atoms with Crippen LogP contribution in [0.1, 0.15) is 35.4 Å². The van der Waals surface area contributed by atoms with E-state index in [4.69, 9.17) is 11.6 Å². The van der Waals surface area contributed by atoms with Gasteiger partial charge in [0.25, 0.3) is 5.91 Å². The maximum atomic E-state index is 11.9. The summed E-state index contributed by atoms with van der Waals surface area (Å²) in [7, 11) is 0. The summed E-state index contributed by atoms with van der Waals surface area (Å²) in [6, 6.07) is 2.79. The lowest BCUT2D eigenvalue weighted by atomic mass is 9.95. The Morgan fingerprint density at radius 1 is 1.44 bits per heavy atom. The molecule has 0 bridgehead atoms. The number of amides is 1. The van der Waals surface area contributed by atoms with Crippen LogP contribution in [0.25, 0.3) is 0 Å². The average Bonchev–Trinajstić information content (AvgIpc) is 2.81. The van der Waals surface area contributed by atoms with Gasteiger partial charge in [0.2, 0.25) is 0 Å². The van der Waals surface area contributed by atoms with Crippen LogP contribution >= 0.6 is 22.9 Å². The van der Waals surface area contributed by atoms with Crippen LogP contribution in [-0.2, 0) is 0 Å². The van der Waals surface area contributed by atoms with Gasteiger partial charge in [-0.3, -0.25) is 14.9 Å². The van der Waals surface area contributed by atoms with Gasteiger partial charge in [-0.15, -0.1) is 11.6 Å². The third kappa shape index (κ3) is 3.00. The molecule has 1 amide bonds. The van der Waals surface area contributed by atoms with Crippen LogP contribution < -0.4 is 5.32 Å². The van der Waals surface area contributed by atoms with Crippen molar-refractivity contribution in [3.8, 4) is 0 Å². The molecule has 0 saturated heterocycles. The van der Waals surface area contributed by atoms with Gasteiger partial charge in [0.05, 0.1) is 15.2 Å². The third-order valence-electron chi connectivity index (χ3n) is 2.99. The Morgan fingerprint density at radius 2 is 2.17 bits per heavy atom. The molecule has 98 valence electrons. The van der Waals surface area contributed by atoms with E-state index in [1.165, 1.54) is 12.1 Å². The highest BCUT2D eigenvalue weighted by Crippen LogP contribution is 2.26. The molecule has 0 aromatic carbocycles. The number of halogens is 1. The predicted octanol–water partition coefficient (Wildman–Crippen LogP) is 2.94. The summed E-state index contributed by atoms with van der Waals surface area (Å²) >= 11 is 7.04. The highest BCUT2D eigenvalue weighted by atomic mass is 35.5.